The van der Waals surface area contributed by atoms with Crippen molar-refractivity contribution in [3.8, 4) is 22.5 Å². The second kappa shape index (κ2) is 23.4. The fourth-order valence-electron chi connectivity index (χ4n) is 6.64. The molecule has 366 valence electrons. The van der Waals surface area contributed by atoms with E-state index in [9.17, 15) is 24.3 Å². The van der Waals surface area contributed by atoms with Crippen molar-refractivity contribution in [2.24, 2.45) is 0 Å². The SMILES string of the molecule is Cc1ccc(-c2nc3ccc(C)cn3c2CC(=O)N(C)C)cc1.Cc1ccc(-c2nc3ccc(C)cn3c2CC(=O)N(C)C)cc1.O=C(O)C(O)C(O)C(=O)O.OC[C@H]1O[C@](O)(CO)[C@@H](O)[C@@H]1O. The first-order valence-corrected chi connectivity index (χ1v) is 21.2. The first-order chi connectivity index (χ1) is 31.9. The van der Waals surface area contributed by atoms with E-state index in [4.69, 9.17) is 50.8 Å². The van der Waals surface area contributed by atoms with E-state index in [1.54, 1.807) is 38.0 Å². The number of pyridine rings is 2. The Morgan fingerprint density at radius 3 is 1.26 bits per heavy atom. The van der Waals surface area contributed by atoms with Crippen LogP contribution in [0.3, 0.4) is 0 Å². The Balaban J connectivity index is 0.000000210. The van der Waals surface area contributed by atoms with Crippen molar-refractivity contribution in [3.63, 3.8) is 0 Å². The maximum Gasteiger partial charge on any atom is 0.335 e. The highest BCUT2D eigenvalue weighted by molar-refractivity contribution is 5.83. The molecule has 0 aliphatic carbocycles. The van der Waals surface area contributed by atoms with E-state index in [1.165, 1.54) is 11.1 Å². The summed E-state index contributed by atoms with van der Waals surface area (Å²) >= 11 is 0. The number of fused-ring (bicyclic) bond motifs is 2. The lowest BCUT2D eigenvalue weighted by Gasteiger charge is -2.22. The number of benzene rings is 2. The topological polar surface area (TPSA) is 301 Å². The van der Waals surface area contributed by atoms with E-state index in [0.29, 0.717) is 12.8 Å². The summed E-state index contributed by atoms with van der Waals surface area (Å²) in [5, 5.41) is 77.2. The van der Waals surface area contributed by atoms with Gasteiger partial charge in [-0.05, 0) is 51.0 Å². The Labute approximate surface area is 392 Å². The van der Waals surface area contributed by atoms with E-state index in [0.717, 1.165) is 56.3 Å². The number of nitrogens with zero attached hydrogens (tertiary/aromatic N) is 6. The maximum atomic E-state index is 12.3. The second-order valence-corrected chi connectivity index (χ2v) is 16.7. The molecular formula is C48H60N6O14. The molecule has 1 aliphatic heterocycles. The molecule has 1 saturated heterocycles. The highest BCUT2D eigenvalue weighted by Crippen LogP contribution is 2.29. The van der Waals surface area contributed by atoms with Crippen LogP contribution in [0.2, 0.25) is 0 Å². The molecule has 1 fully saturated rings. The number of likely N-dealkylation sites (N-methyl/N-ethyl adjacent to an activating group) is 2. The molecule has 20 nitrogen and oxygen atoms in total. The molecule has 20 heteroatoms. The molecule has 0 bridgehead atoms. The number of carboxylic acids is 2. The second-order valence-electron chi connectivity index (χ2n) is 16.7. The number of hydrogen-bond acceptors (Lipinski definition) is 14. The fourth-order valence-corrected chi connectivity index (χ4v) is 6.64. The first-order valence-electron chi connectivity index (χ1n) is 21.2. The lowest BCUT2D eigenvalue weighted by molar-refractivity contribution is -0.248. The minimum absolute atomic E-state index is 0.0710. The van der Waals surface area contributed by atoms with Crippen LogP contribution in [0.25, 0.3) is 33.8 Å². The van der Waals surface area contributed by atoms with Crippen LogP contribution in [0.1, 0.15) is 33.6 Å². The lowest BCUT2D eigenvalue weighted by Crippen LogP contribution is -2.46. The van der Waals surface area contributed by atoms with Gasteiger partial charge in [0.05, 0.1) is 48.8 Å². The van der Waals surface area contributed by atoms with Crippen molar-refractivity contribution in [1.82, 2.24) is 28.6 Å². The molecule has 2 amide bonds. The quantitative estimate of drug-likeness (QED) is 0.0881. The van der Waals surface area contributed by atoms with Crippen LogP contribution in [0.15, 0.2) is 85.2 Å². The summed E-state index contributed by atoms with van der Waals surface area (Å²) in [6.45, 7) is 6.86. The van der Waals surface area contributed by atoms with Crippen molar-refractivity contribution in [2.75, 3.05) is 41.4 Å². The number of amides is 2. The molecule has 0 spiro atoms. The predicted molar refractivity (Wildman–Crippen MR) is 248 cm³/mol. The number of imidazole rings is 2. The summed E-state index contributed by atoms with van der Waals surface area (Å²) in [5.74, 6) is -5.56. The molecule has 2 unspecified atom stereocenters. The van der Waals surface area contributed by atoms with Crippen molar-refractivity contribution in [3.05, 3.63) is 119 Å². The average Bonchev–Trinajstić information content (AvgIpc) is 3.91. The summed E-state index contributed by atoms with van der Waals surface area (Å²) in [4.78, 5) is 56.8. The minimum Gasteiger partial charge on any atom is -0.479 e. The Kier molecular flexibility index (Phi) is 18.6. The van der Waals surface area contributed by atoms with Gasteiger partial charge in [-0.2, -0.15) is 0 Å². The highest BCUT2D eigenvalue weighted by atomic mass is 16.7. The molecule has 5 heterocycles. The van der Waals surface area contributed by atoms with E-state index in [1.807, 2.05) is 59.3 Å². The Morgan fingerprint density at radius 1 is 0.632 bits per heavy atom. The number of aliphatic carboxylic acids is 2. The molecule has 6 atom stereocenters. The van der Waals surface area contributed by atoms with Crippen LogP contribution < -0.4 is 0 Å². The number of ether oxygens (including phenoxy) is 1. The zero-order valence-electron chi connectivity index (χ0n) is 39.0. The number of hydrogen-bond donors (Lipinski definition) is 9. The standard InChI is InChI=1S/2C19H21N3O.C6H12O6.C4H6O6/c2*1-13-5-8-15(9-6-13)19-16(11-18(23)21(3)4)22-12-14(2)7-10-17(22)20-19;7-1-3-4(9)5(10)6(11,2-8)12-3;5-1(3(7)8)2(6)4(9)10/h2*5-10,12H,11H2,1-4H3;3-5,7-11H,1-2H2;1-2,5-6H,(H,7,8)(H,9,10)/t;;3-,4-,5+,6-;/m..1./s1. The number of aromatic nitrogens is 4. The number of aliphatic hydroxyl groups is 7. The van der Waals surface area contributed by atoms with E-state index in [2.05, 4.69) is 67.1 Å². The Bertz CT molecular complexity index is 2520. The maximum absolute atomic E-state index is 12.3. The molecule has 68 heavy (non-hydrogen) atoms. The lowest BCUT2D eigenvalue weighted by atomic mass is 10.1. The molecule has 7 rings (SSSR count). The fraction of sp³-hybridized carbons (Fsp3) is 0.375. The van der Waals surface area contributed by atoms with Crippen LogP contribution in [0.4, 0.5) is 0 Å². The molecule has 9 N–H and O–H groups in total. The number of aryl methyl sites for hydroxylation is 4. The third kappa shape index (κ3) is 13.3. The smallest absolute Gasteiger partial charge is 0.335 e. The van der Waals surface area contributed by atoms with Crippen molar-refractivity contribution in [1.29, 1.82) is 0 Å². The molecule has 1 aliphatic rings. The largest absolute Gasteiger partial charge is 0.479 e. The van der Waals surface area contributed by atoms with Gasteiger partial charge in [-0.15, -0.1) is 0 Å². The third-order valence-corrected chi connectivity index (χ3v) is 10.7. The number of carbonyl (C=O) groups excluding carboxylic acids is 2. The molecular weight excluding hydrogens is 885 g/mol. The Morgan fingerprint density at radius 2 is 0.985 bits per heavy atom. The summed E-state index contributed by atoms with van der Waals surface area (Å²) in [6.07, 6.45) is -3.82. The molecule has 2 aromatic carbocycles. The Hall–Kier alpha value is -6.62. The van der Waals surface area contributed by atoms with Crippen molar-refractivity contribution < 1.29 is 69.9 Å². The van der Waals surface area contributed by atoms with Gasteiger partial charge in [0.2, 0.25) is 17.6 Å². The van der Waals surface area contributed by atoms with E-state index < -0.39 is 61.5 Å². The predicted octanol–water partition coefficient (Wildman–Crippen LogP) is 1.16. The normalized spacial score (nSPS) is 18.2. The van der Waals surface area contributed by atoms with Gasteiger partial charge in [-0.3, -0.25) is 9.59 Å². The van der Waals surface area contributed by atoms with Gasteiger partial charge in [0.25, 0.3) is 0 Å². The summed E-state index contributed by atoms with van der Waals surface area (Å²) in [7, 11) is 7.12. The zero-order valence-corrected chi connectivity index (χ0v) is 39.0. The molecule has 4 aromatic heterocycles. The first kappa shape index (κ1) is 54.0. The van der Waals surface area contributed by atoms with Crippen LogP contribution in [0.5, 0.6) is 0 Å². The molecule has 0 saturated carbocycles. The third-order valence-electron chi connectivity index (χ3n) is 10.7. The van der Waals surface area contributed by atoms with Crippen LogP contribution in [-0.2, 0) is 36.8 Å². The van der Waals surface area contributed by atoms with Gasteiger partial charge in [0.1, 0.15) is 29.6 Å². The van der Waals surface area contributed by atoms with Crippen LogP contribution in [0, 0.1) is 27.7 Å². The van der Waals surface area contributed by atoms with Gasteiger partial charge in [0.15, 0.2) is 12.2 Å². The van der Waals surface area contributed by atoms with Gasteiger partial charge in [-0.1, -0.05) is 71.8 Å². The summed E-state index contributed by atoms with van der Waals surface area (Å²) in [5.41, 5.74) is 12.2. The molecule has 6 aromatic rings. The number of carbonyl (C=O) groups is 4. The van der Waals surface area contributed by atoms with Crippen LogP contribution in [-0.4, -0.2) is 176 Å². The summed E-state index contributed by atoms with van der Waals surface area (Å²) in [6, 6.07) is 24.6. The number of aliphatic hydroxyl groups excluding tert-OH is 6. The van der Waals surface area contributed by atoms with E-state index >= 15 is 0 Å². The van der Waals surface area contributed by atoms with E-state index in [-0.39, 0.29) is 11.8 Å². The number of rotatable bonds is 11. The zero-order chi connectivity index (χ0) is 50.8. The average molecular weight is 945 g/mol. The van der Waals surface area contributed by atoms with Crippen molar-refractivity contribution >= 4 is 35.0 Å². The van der Waals surface area contributed by atoms with Gasteiger partial charge in [0, 0.05) is 51.7 Å². The number of carboxylic acid groups (broad SMARTS) is 2. The molecule has 0 radical (unpaired) electrons. The van der Waals surface area contributed by atoms with Crippen molar-refractivity contribution in [2.45, 2.75) is 76.8 Å². The van der Waals surface area contributed by atoms with Gasteiger partial charge < -0.3 is 69.3 Å². The van der Waals surface area contributed by atoms with Gasteiger partial charge in [-0.25, -0.2) is 19.6 Å². The highest BCUT2D eigenvalue weighted by Gasteiger charge is 2.52. The van der Waals surface area contributed by atoms with Crippen LogP contribution >= 0.6 is 0 Å². The summed E-state index contributed by atoms with van der Waals surface area (Å²) < 4.78 is 8.69. The monoisotopic (exact) mass is 944 g/mol. The minimum atomic E-state index is -2.27. The van der Waals surface area contributed by atoms with Gasteiger partial charge >= 0.3 is 11.9 Å².